The minimum atomic E-state index is -0.288. The maximum atomic E-state index is 13.2. The van der Waals surface area contributed by atoms with Crippen molar-refractivity contribution in [1.82, 2.24) is 15.1 Å². The number of hydrogen-bond acceptors (Lipinski definition) is 2. The Balaban J connectivity index is 1.31. The van der Waals surface area contributed by atoms with E-state index in [1.165, 1.54) is 17.7 Å². The number of aromatic amines is 1. The second-order valence-corrected chi connectivity index (χ2v) is 9.23. The highest BCUT2D eigenvalue weighted by molar-refractivity contribution is 6.36. The first-order valence-corrected chi connectivity index (χ1v) is 11.3. The number of aromatic nitrogens is 2. The quantitative estimate of drug-likeness (QED) is 0.564. The Morgan fingerprint density at radius 1 is 1.10 bits per heavy atom. The molecule has 0 unspecified atom stereocenters. The van der Waals surface area contributed by atoms with E-state index in [1.54, 1.807) is 12.1 Å². The van der Waals surface area contributed by atoms with Gasteiger partial charge in [-0.1, -0.05) is 35.3 Å². The molecule has 1 aliphatic heterocycles. The molecule has 3 aromatic rings. The number of likely N-dealkylation sites (tertiary alicyclic amines) is 1. The summed E-state index contributed by atoms with van der Waals surface area (Å²) in [5, 5.41) is 8.28. The Kier molecular flexibility index (Phi) is 5.49. The van der Waals surface area contributed by atoms with Crippen LogP contribution < -0.4 is 0 Å². The maximum Gasteiger partial charge on any atom is 0.226 e. The molecule has 2 aromatic carbocycles. The monoisotopic (exact) mass is 457 g/mol. The molecule has 7 heteroatoms. The van der Waals surface area contributed by atoms with Gasteiger partial charge in [0, 0.05) is 40.7 Å². The molecule has 2 heterocycles. The van der Waals surface area contributed by atoms with Crippen LogP contribution in [0.2, 0.25) is 10.0 Å². The van der Waals surface area contributed by atoms with Crippen LogP contribution in [-0.2, 0) is 24.1 Å². The van der Waals surface area contributed by atoms with E-state index in [1.807, 2.05) is 23.2 Å². The first-order chi connectivity index (χ1) is 15.0. The number of fused-ring (bicyclic) bond motifs is 1. The number of amides is 1. The van der Waals surface area contributed by atoms with E-state index in [4.69, 9.17) is 23.2 Å². The predicted octanol–water partition coefficient (Wildman–Crippen LogP) is 5.47. The topological polar surface area (TPSA) is 49.0 Å². The Morgan fingerprint density at radius 3 is 2.58 bits per heavy atom. The van der Waals surface area contributed by atoms with Crippen molar-refractivity contribution < 1.29 is 9.18 Å². The number of nitrogens with zero attached hydrogens (tertiary/aromatic N) is 2. The summed E-state index contributed by atoms with van der Waals surface area (Å²) < 4.78 is 13.2. The van der Waals surface area contributed by atoms with Gasteiger partial charge in [-0.3, -0.25) is 9.89 Å². The molecule has 0 spiro atoms. The smallest absolute Gasteiger partial charge is 0.226 e. The van der Waals surface area contributed by atoms with E-state index in [0.717, 1.165) is 54.6 Å². The summed E-state index contributed by atoms with van der Waals surface area (Å²) in [4.78, 5) is 15.2. The molecule has 1 aliphatic carbocycles. The maximum absolute atomic E-state index is 13.2. The Hall–Kier alpha value is -2.37. The summed E-state index contributed by atoms with van der Waals surface area (Å²) in [6, 6.07) is 10.1. The minimum Gasteiger partial charge on any atom is -0.339 e. The number of aryl methyl sites for hydroxylation is 1. The van der Waals surface area contributed by atoms with E-state index in [0.29, 0.717) is 16.5 Å². The van der Waals surface area contributed by atoms with Crippen LogP contribution in [-0.4, -0.2) is 33.6 Å². The number of H-pyrrole nitrogens is 1. The molecule has 31 heavy (non-hydrogen) atoms. The number of carbonyl (C=O) groups is 1. The van der Waals surface area contributed by atoms with Crippen LogP contribution in [0.5, 0.6) is 0 Å². The van der Waals surface area contributed by atoms with E-state index in [-0.39, 0.29) is 23.7 Å². The van der Waals surface area contributed by atoms with E-state index < -0.39 is 0 Å². The van der Waals surface area contributed by atoms with E-state index in [9.17, 15) is 9.18 Å². The van der Waals surface area contributed by atoms with Crippen molar-refractivity contribution in [1.29, 1.82) is 0 Å². The van der Waals surface area contributed by atoms with Gasteiger partial charge in [-0.15, -0.1) is 0 Å². The molecule has 1 aromatic heterocycles. The van der Waals surface area contributed by atoms with Crippen molar-refractivity contribution in [2.45, 2.75) is 38.1 Å². The first-order valence-electron chi connectivity index (χ1n) is 10.5. The van der Waals surface area contributed by atoms with Crippen molar-refractivity contribution in [3.8, 4) is 11.1 Å². The third-order valence-electron chi connectivity index (χ3n) is 6.55. The number of rotatable bonds is 4. The first kappa shape index (κ1) is 20.5. The fourth-order valence-corrected chi connectivity index (χ4v) is 5.47. The van der Waals surface area contributed by atoms with Crippen LogP contribution in [0.4, 0.5) is 4.39 Å². The molecule has 2 aliphatic rings. The van der Waals surface area contributed by atoms with Gasteiger partial charge in [0.2, 0.25) is 5.91 Å². The Labute approximate surface area is 190 Å². The molecule has 4 nitrogen and oxygen atoms in total. The highest BCUT2D eigenvalue weighted by atomic mass is 35.5. The summed E-state index contributed by atoms with van der Waals surface area (Å²) in [6.07, 6.45) is 5.98. The van der Waals surface area contributed by atoms with Crippen LogP contribution in [0, 0.1) is 11.7 Å². The zero-order valence-electron chi connectivity index (χ0n) is 16.9. The van der Waals surface area contributed by atoms with E-state index in [2.05, 4.69) is 10.2 Å². The zero-order valence-corrected chi connectivity index (χ0v) is 18.4. The van der Waals surface area contributed by atoms with Gasteiger partial charge in [-0.2, -0.15) is 5.10 Å². The largest absolute Gasteiger partial charge is 0.339 e. The van der Waals surface area contributed by atoms with Crippen molar-refractivity contribution in [2.75, 3.05) is 6.54 Å². The molecule has 160 valence electrons. The van der Waals surface area contributed by atoms with Gasteiger partial charge in [0.05, 0.1) is 6.20 Å². The Bertz CT molecular complexity index is 1110. The van der Waals surface area contributed by atoms with Crippen molar-refractivity contribution >= 4 is 29.1 Å². The van der Waals surface area contributed by atoms with Crippen LogP contribution in [0.15, 0.2) is 42.6 Å². The summed E-state index contributed by atoms with van der Waals surface area (Å²) in [5.41, 5.74) is 4.88. The summed E-state index contributed by atoms with van der Waals surface area (Å²) in [6.45, 7) is 0.764. The number of hydrogen-bond donors (Lipinski definition) is 1. The standard InChI is InChI=1S/C24H22Cl2FN3O/c25-21-10-17(14-1-4-18(27)5-2-14)11-22(26)20(21)9-15-7-8-30(24(15)31)19-6-3-16-13-28-29-23(16)12-19/h1-2,4-5,10-11,13,15,19H,3,6-9,12H2,(H,28,29)/t15-,19+/m0/s1. The van der Waals surface area contributed by atoms with Gasteiger partial charge < -0.3 is 4.90 Å². The van der Waals surface area contributed by atoms with Crippen molar-refractivity contribution in [2.24, 2.45) is 5.92 Å². The lowest BCUT2D eigenvalue weighted by Crippen LogP contribution is -2.41. The van der Waals surface area contributed by atoms with Gasteiger partial charge in [0.15, 0.2) is 0 Å². The second-order valence-electron chi connectivity index (χ2n) is 8.42. The third-order valence-corrected chi connectivity index (χ3v) is 7.23. The van der Waals surface area contributed by atoms with Gasteiger partial charge in [-0.25, -0.2) is 4.39 Å². The summed E-state index contributed by atoms with van der Waals surface area (Å²) >= 11 is 13.2. The molecule has 1 N–H and O–H groups in total. The molecule has 0 saturated carbocycles. The lowest BCUT2D eigenvalue weighted by atomic mass is 9.92. The highest BCUT2D eigenvalue weighted by Crippen LogP contribution is 2.36. The predicted molar refractivity (Wildman–Crippen MR) is 120 cm³/mol. The average Bonchev–Trinajstić information content (AvgIpc) is 3.37. The lowest BCUT2D eigenvalue weighted by Gasteiger charge is -2.31. The SMILES string of the molecule is O=C1[C@H](Cc2c(Cl)cc(-c3ccc(F)cc3)cc2Cl)CCN1[C@@H]1CCc2cn[nH]c2C1. The minimum absolute atomic E-state index is 0.116. The van der Waals surface area contributed by atoms with Crippen LogP contribution in [0.3, 0.4) is 0 Å². The zero-order chi connectivity index (χ0) is 21.5. The Morgan fingerprint density at radius 2 is 1.84 bits per heavy atom. The van der Waals surface area contributed by atoms with Crippen LogP contribution in [0.1, 0.15) is 29.7 Å². The molecular formula is C24H22Cl2FN3O. The number of nitrogens with one attached hydrogen (secondary N) is 1. The van der Waals surface area contributed by atoms with Gasteiger partial charge in [-0.05, 0) is 72.2 Å². The average molecular weight is 458 g/mol. The molecule has 0 radical (unpaired) electrons. The molecule has 1 saturated heterocycles. The number of halogens is 3. The molecule has 0 bridgehead atoms. The molecular weight excluding hydrogens is 436 g/mol. The van der Waals surface area contributed by atoms with E-state index >= 15 is 0 Å². The summed E-state index contributed by atoms with van der Waals surface area (Å²) in [7, 11) is 0. The number of carbonyl (C=O) groups excluding carboxylic acids is 1. The van der Waals surface area contributed by atoms with Crippen molar-refractivity contribution in [3.05, 3.63) is 75.3 Å². The van der Waals surface area contributed by atoms with Gasteiger partial charge >= 0.3 is 0 Å². The van der Waals surface area contributed by atoms with Gasteiger partial charge in [0.25, 0.3) is 0 Å². The second kappa shape index (κ2) is 8.29. The van der Waals surface area contributed by atoms with Crippen molar-refractivity contribution in [3.63, 3.8) is 0 Å². The lowest BCUT2D eigenvalue weighted by molar-refractivity contribution is -0.133. The fraction of sp³-hybridized carbons (Fsp3) is 0.333. The molecule has 5 rings (SSSR count). The fourth-order valence-electron chi connectivity index (χ4n) is 4.82. The highest BCUT2D eigenvalue weighted by Gasteiger charge is 2.37. The normalized spacial score (nSPS) is 20.9. The summed E-state index contributed by atoms with van der Waals surface area (Å²) in [5.74, 6) is -0.221. The van der Waals surface area contributed by atoms with Crippen LogP contribution in [0.25, 0.3) is 11.1 Å². The molecule has 1 fully saturated rings. The molecule has 1 amide bonds. The van der Waals surface area contributed by atoms with Gasteiger partial charge in [0.1, 0.15) is 5.82 Å². The van der Waals surface area contributed by atoms with Crippen LogP contribution >= 0.6 is 23.2 Å². The molecule has 2 atom stereocenters. The number of benzene rings is 2. The third kappa shape index (κ3) is 3.97.